The van der Waals surface area contributed by atoms with Gasteiger partial charge in [-0.05, 0) is 31.0 Å². The summed E-state index contributed by atoms with van der Waals surface area (Å²) in [5.41, 5.74) is 0.142. The van der Waals surface area contributed by atoms with Gasteiger partial charge in [-0.25, -0.2) is 9.59 Å². The zero-order valence-electron chi connectivity index (χ0n) is 10.8. The van der Waals surface area contributed by atoms with E-state index in [0.29, 0.717) is 18.0 Å². The van der Waals surface area contributed by atoms with Crippen molar-refractivity contribution in [3.63, 3.8) is 0 Å². The van der Waals surface area contributed by atoms with E-state index < -0.39 is 12.0 Å². The summed E-state index contributed by atoms with van der Waals surface area (Å²) in [5, 5.41) is 14.4. The van der Waals surface area contributed by atoms with Crippen LogP contribution >= 0.6 is 11.6 Å². The van der Waals surface area contributed by atoms with Crippen molar-refractivity contribution >= 4 is 29.3 Å². The number of carboxylic acid groups (broad SMARTS) is 1. The zero-order valence-corrected chi connectivity index (χ0v) is 11.5. The van der Waals surface area contributed by atoms with Crippen molar-refractivity contribution < 1.29 is 14.7 Å². The van der Waals surface area contributed by atoms with Crippen LogP contribution in [0.3, 0.4) is 0 Å². The Kier molecular flexibility index (Phi) is 6.41. The van der Waals surface area contributed by atoms with Crippen LogP contribution in [0.4, 0.5) is 10.5 Å². The number of urea groups is 1. The molecule has 0 aliphatic carbocycles. The van der Waals surface area contributed by atoms with Crippen LogP contribution in [0.15, 0.2) is 18.2 Å². The lowest BCUT2D eigenvalue weighted by atomic mass is 10.2. The number of unbranched alkanes of at least 4 members (excludes halogenated alkanes) is 2. The molecule has 0 bridgehead atoms. The summed E-state index contributed by atoms with van der Waals surface area (Å²) in [7, 11) is 0. The average Bonchev–Trinajstić information content (AvgIpc) is 2.38. The number of carboxylic acids is 1. The van der Waals surface area contributed by atoms with Gasteiger partial charge in [0.15, 0.2) is 0 Å². The normalized spacial score (nSPS) is 9.60. The first-order valence-electron chi connectivity index (χ1n) is 6.05. The number of benzene rings is 1. The van der Waals surface area contributed by atoms with Crippen molar-refractivity contribution in [1.29, 1.82) is 0 Å². The SMILES string of the molecule is C#CCCCCNC(=O)Nc1cc(Cl)ccc1C(=O)O. The van der Waals surface area contributed by atoms with Crippen molar-refractivity contribution in [1.82, 2.24) is 5.32 Å². The highest BCUT2D eigenvalue weighted by atomic mass is 35.5. The zero-order chi connectivity index (χ0) is 15.0. The molecule has 0 aliphatic heterocycles. The van der Waals surface area contributed by atoms with Crippen molar-refractivity contribution in [2.24, 2.45) is 0 Å². The van der Waals surface area contributed by atoms with Crippen molar-refractivity contribution in [3.8, 4) is 12.3 Å². The van der Waals surface area contributed by atoms with Crippen LogP contribution in [0, 0.1) is 12.3 Å². The van der Waals surface area contributed by atoms with Crippen LogP contribution in [0.2, 0.25) is 5.02 Å². The fraction of sp³-hybridized carbons (Fsp3) is 0.286. The molecule has 3 N–H and O–H groups in total. The molecule has 1 rings (SSSR count). The van der Waals surface area contributed by atoms with Gasteiger partial charge in [-0.3, -0.25) is 0 Å². The predicted molar refractivity (Wildman–Crippen MR) is 78.1 cm³/mol. The first kappa shape index (κ1) is 15.9. The minimum absolute atomic E-state index is 0.0168. The van der Waals surface area contributed by atoms with Gasteiger partial charge in [-0.1, -0.05) is 11.6 Å². The summed E-state index contributed by atoms with van der Waals surface area (Å²) in [6.07, 6.45) is 7.37. The lowest BCUT2D eigenvalue weighted by Gasteiger charge is -2.10. The summed E-state index contributed by atoms with van der Waals surface area (Å²) in [4.78, 5) is 22.6. The third-order valence-electron chi connectivity index (χ3n) is 2.49. The highest BCUT2D eigenvalue weighted by molar-refractivity contribution is 6.31. The third kappa shape index (κ3) is 5.21. The molecule has 1 aromatic rings. The Morgan fingerprint density at radius 3 is 2.75 bits per heavy atom. The number of amides is 2. The Morgan fingerprint density at radius 2 is 2.10 bits per heavy atom. The van der Waals surface area contributed by atoms with E-state index in [1.807, 2.05) is 0 Å². The molecule has 0 atom stereocenters. The van der Waals surface area contributed by atoms with E-state index in [1.54, 1.807) is 0 Å². The maximum Gasteiger partial charge on any atom is 0.337 e. The molecule has 0 aliphatic rings. The van der Waals surface area contributed by atoms with Gasteiger partial charge in [0, 0.05) is 18.0 Å². The minimum atomic E-state index is -1.13. The fourth-order valence-electron chi connectivity index (χ4n) is 1.53. The largest absolute Gasteiger partial charge is 0.478 e. The second kappa shape index (κ2) is 8.08. The summed E-state index contributed by atoms with van der Waals surface area (Å²) in [6, 6.07) is 3.71. The molecule has 5 nitrogen and oxygen atoms in total. The number of hydrogen-bond acceptors (Lipinski definition) is 2. The predicted octanol–water partition coefficient (Wildman–Crippen LogP) is 2.96. The van der Waals surface area contributed by atoms with Crippen LogP contribution in [-0.4, -0.2) is 23.7 Å². The van der Waals surface area contributed by atoms with E-state index >= 15 is 0 Å². The molecule has 0 aromatic heterocycles. The first-order chi connectivity index (χ1) is 9.54. The number of carbonyl (C=O) groups excluding carboxylic acids is 1. The first-order valence-corrected chi connectivity index (χ1v) is 6.43. The van der Waals surface area contributed by atoms with E-state index in [2.05, 4.69) is 16.6 Å². The molecule has 2 amide bonds. The molecular weight excluding hydrogens is 280 g/mol. The maximum absolute atomic E-state index is 11.6. The Morgan fingerprint density at radius 1 is 1.35 bits per heavy atom. The van der Waals surface area contributed by atoms with E-state index in [1.165, 1.54) is 18.2 Å². The van der Waals surface area contributed by atoms with Gasteiger partial charge in [-0.2, -0.15) is 0 Å². The molecule has 0 saturated carbocycles. The number of halogens is 1. The second-order valence-corrected chi connectivity index (χ2v) is 4.47. The van der Waals surface area contributed by atoms with Crippen LogP contribution in [0.5, 0.6) is 0 Å². The number of hydrogen-bond donors (Lipinski definition) is 3. The lowest BCUT2D eigenvalue weighted by molar-refractivity contribution is 0.0698. The van der Waals surface area contributed by atoms with Crippen molar-refractivity contribution in [3.05, 3.63) is 28.8 Å². The highest BCUT2D eigenvalue weighted by Gasteiger charge is 2.12. The van der Waals surface area contributed by atoms with Crippen molar-refractivity contribution in [2.45, 2.75) is 19.3 Å². The highest BCUT2D eigenvalue weighted by Crippen LogP contribution is 2.21. The molecular formula is C14H15ClN2O3. The molecule has 106 valence electrons. The lowest BCUT2D eigenvalue weighted by Crippen LogP contribution is -2.30. The number of rotatable bonds is 6. The van der Waals surface area contributed by atoms with Gasteiger partial charge in [-0.15, -0.1) is 12.3 Å². The van der Waals surface area contributed by atoms with Gasteiger partial charge in [0.05, 0.1) is 11.3 Å². The van der Waals surface area contributed by atoms with E-state index in [9.17, 15) is 9.59 Å². The van der Waals surface area contributed by atoms with Crippen molar-refractivity contribution in [2.75, 3.05) is 11.9 Å². The van der Waals surface area contributed by atoms with Gasteiger partial charge in [0.2, 0.25) is 0 Å². The van der Waals surface area contributed by atoms with Gasteiger partial charge in [0.1, 0.15) is 0 Å². The Balaban J connectivity index is 2.55. The number of carbonyl (C=O) groups is 2. The minimum Gasteiger partial charge on any atom is -0.478 e. The molecule has 0 heterocycles. The Labute approximate surface area is 122 Å². The molecule has 0 saturated heterocycles. The van der Waals surface area contributed by atoms with Crippen LogP contribution in [0.1, 0.15) is 29.6 Å². The molecule has 20 heavy (non-hydrogen) atoms. The molecule has 6 heteroatoms. The quantitative estimate of drug-likeness (QED) is 0.557. The number of aromatic carboxylic acids is 1. The van der Waals surface area contributed by atoms with Crippen LogP contribution < -0.4 is 10.6 Å². The van der Waals surface area contributed by atoms with E-state index in [0.717, 1.165) is 12.8 Å². The number of anilines is 1. The van der Waals surface area contributed by atoms with E-state index in [4.69, 9.17) is 23.1 Å². The summed E-state index contributed by atoms with van der Waals surface area (Å²) in [6.45, 7) is 0.469. The smallest absolute Gasteiger partial charge is 0.337 e. The molecule has 1 aromatic carbocycles. The molecule has 0 spiro atoms. The molecule has 0 radical (unpaired) electrons. The van der Waals surface area contributed by atoms with Crippen LogP contribution in [0.25, 0.3) is 0 Å². The Hall–Kier alpha value is -2.19. The van der Waals surface area contributed by atoms with Gasteiger partial charge < -0.3 is 15.7 Å². The second-order valence-electron chi connectivity index (χ2n) is 4.04. The maximum atomic E-state index is 11.6. The monoisotopic (exact) mass is 294 g/mol. The van der Waals surface area contributed by atoms with Crippen LogP contribution in [-0.2, 0) is 0 Å². The fourth-order valence-corrected chi connectivity index (χ4v) is 1.70. The topological polar surface area (TPSA) is 78.4 Å². The molecule has 0 unspecified atom stereocenters. The van der Waals surface area contributed by atoms with Gasteiger partial charge in [0.25, 0.3) is 0 Å². The summed E-state index contributed by atoms with van der Waals surface area (Å²) in [5.74, 6) is 1.38. The number of nitrogens with one attached hydrogen (secondary N) is 2. The average molecular weight is 295 g/mol. The summed E-state index contributed by atoms with van der Waals surface area (Å²) >= 11 is 5.78. The summed E-state index contributed by atoms with van der Waals surface area (Å²) < 4.78 is 0. The van der Waals surface area contributed by atoms with E-state index in [-0.39, 0.29) is 11.3 Å². The number of terminal acetylenes is 1. The third-order valence-corrected chi connectivity index (χ3v) is 2.73. The molecule has 0 fully saturated rings. The standard InChI is InChI=1S/C14H15ClN2O3/c1-2-3-4-5-8-16-14(20)17-12-9-10(15)6-7-11(12)13(18)19/h1,6-7,9H,3-5,8H2,(H,18,19)(H2,16,17,20). The Bertz CT molecular complexity index is 538. The van der Waals surface area contributed by atoms with Gasteiger partial charge >= 0.3 is 12.0 Å².